The summed E-state index contributed by atoms with van der Waals surface area (Å²) in [5.41, 5.74) is 0.0810. The van der Waals surface area contributed by atoms with Gasteiger partial charge in [-0.2, -0.15) is 5.26 Å². The molecule has 1 unspecified atom stereocenters. The molecular formula is C12H17NO5. The Kier molecular flexibility index (Phi) is 11.5. The SMILES string of the molecule is C=C(C(=O)O)C(C)OC.C=CC(=O)OCCC#N. The summed E-state index contributed by atoms with van der Waals surface area (Å²) >= 11 is 0. The second-order valence-electron chi connectivity index (χ2n) is 2.99. The highest BCUT2D eigenvalue weighted by atomic mass is 16.5. The van der Waals surface area contributed by atoms with E-state index in [0.717, 1.165) is 6.08 Å². The fraction of sp³-hybridized carbons (Fsp3) is 0.417. The van der Waals surface area contributed by atoms with Gasteiger partial charge in [-0.1, -0.05) is 13.2 Å². The van der Waals surface area contributed by atoms with Crippen LogP contribution in [0.1, 0.15) is 13.3 Å². The normalized spacial score (nSPS) is 10.1. The zero-order valence-corrected chi connectivity index (χ0v) is 10.5. The van der Waals surface area contributed by atoms with Gasteiger partial charge in [0, 0.05) is 13.2 Å². The average molecular weight is 255 g/mol. The summed E-state index contributed by atoms with van der Waals surface area (Å²) in [6.07, 6.45) is 0.902. The molecule has 6 nitrogen and oxygen atoms in total. The Hall–Kier alpha value is -2.13. The summed E-state index contributed by atoms with van der Waals surface area (Å²) in [7, 11) is 1.44. The van der Waals surface area contributed by atoms with E-state index >= 15 is 0 Å². The first-order valence-corrected chi connectivity index (χ1v) is 5.01. The number of hydrogen-bond donors (Lipinski definition) is 1. The van der Waals surface area contributed by atoms with Crippen LogP contribution in [0.4, 0.5) is 0 Å². The van der Waals surface area contributed by atoms with Crippen molar-refractivity contribution in [1.82, 2.24) is 0 Å². The van der Waals surface area contributed by atoms with Gasteiger partial charge >= 0.3 is 11.9 Å². The fourth-order valence-corrected chi connectivity index (χ4v) is 0.572. The number of methoxy groups -OCH3 is 1. The van der Waals surface area contributed by atoms with Gasteiger partial charge in [-0.05, 0) is 6.92 Å². The largest absolute Gasteiger partial charge is 0.478 e. The van der Waals surface area contributed by atoms with Crippen molar-refractivity contribution in [1.29, 1.82) is 5.26 Å². The number of carboxylic acids is 1. The number of hydrogen-bond acceptors (Lipinski definition) is 5. The first-order valence-electron chi connectivity index (χ1n) is 5.01. The molecule has 0 amide bonds. The molecule has 0 saturated carbocycles. The second-order valence-corrected chi connectivity index (χ2v) is 2.99. The van der Waals surface area contributed by atoms with Crippen LogP contribution in [0.5, 0.6) is 0 Å². The van der Waals surface area contributed by atoms with Crippen LogP contribution in [0.15, 0.2) is 24.8 Å². The maximum absolute atomic E-state index is 10.2. The van der Waals surface area contributed by atoms with Gasteiger partial charge in [0.15, 0.2) is 0 Å². The van der Waals surface area contributed by atoms with Gasteiger partial charge in [-0.15, -0.1) is 0 Å². The summed E-state index contributed by atoms with van der Waals surface area (Å²) < 4.78 is 9.14. The zero-order chi connectivity index (χ0) is 14.6. The minimum Gasteiger partial charge on any atom is -0.478 e. The molecule has 0 aliphatic carbocycles. The molecule has 0 aromatic heterocycles. The van der Waals surface area contributed by atoms with Crippen LogP contribution in [0, 0.1) is 11.3 Å². The Morgan fingerprint density at radius 3 is 2.39 bits per heavy atom. The van der Waals surface area contributed by atoms with Crippen molar-refractivity contribution < 1.29 is 24.2 Å². The lowest BCUT2D eigenvalue weighted by Gasteiger charge is -2.06. The van der Waals surface area contributed by atoms with E-state index in [0.29, 0.717) is 0 Å². The molecule has 0 aromatic rings. The molecule has 0 aromatic carbocycles. The molecule has 0 radical (unpaired) electrons. The molecule has 0 rings (SSSR count). The lowest BCUT2D eigenvalue weighted by Crippen LogP contribution is -2.14. The number of esters is 1. The number of carbonyl (C=O) groups excluding carboxylic acids is 1. The number of nitriles is 1. The number of carbonyl (C=O) groups is 2. The molecule has 18 heavy (non-hydrogen) atoms. The third-order valence-corrected chi connectivity index (χ3v) is 1.74. The molecule has 1 atom stereocenters. The predicted octanol–water partition coefficient (Wildman–Crippen LogP) is 1.29. The highest BCUT2D eigenvalue weighted by molar-refractivity contribution is 5.86. The molecule has 0 aliphatic rings. The van der Waals surface area contributed by atoms with E-state index in [1.54, 1.807) is 6.92 Å². The van der Waals surface area contributed by atoms with Gasteiger partial charge in [0.05, 0.1) is 24.2 Å². The summed E-state index contributed by atoms with van der Waals surface area (Å²) in [5.74, 6) is -1.49. The Balaban J connectivity index is 0. The van der Waals surface area contributed by atoms with Crippen LogP contribution in [0.3, 0.4) is 0 Å². The van der Waals surface area contributed by atoms with Gasteiger partial charge in [-0.25, -0.2) is 9.59 Å². The third kappa shape index (κ3) is 10.4. The highest BCUT2D eigenvalue weighted by Crippen LogP contribution is 2.01. The van der Waals surface area contributed by atoms with E-state index < -0.39 is 18.0 Å². The van der Waals surface area contributed by atoms with Crippen LogP contribution < -0.4 is 0 Å². The van der Waals surface area contributed by atoms with Gasteiger partial charge in [0.2, 0.25) is 0 Å². The van der Waals surface area contributed by atoms with E-state index in [9.17, 15) is 9.59 Å². The molecule has 0 heterocycles. The summed E-state index contributed by atoms with van der Waals surface area (Å²) in [4.78, 5) is 20.4. The topological polar surface area (TPSA) is 96.6 Å². The highest BCUT2D eigenvalue weighted by Gasteiger charge is 2.10. The molecule has 6 heteroatoms. The van der Waals surface area contributed by atoms with Crippen LogP contribution in [0.2, 0.25) is 0 Å². The molecule has 0 fully saturated rings. The lowest BCUT2D eigenvalue weighted by molar-refractivity contribution is -0.137. The summed E-state index contributed by atoms with van der Waals surface area (Å²) in [5, 5.41) is 16.3. The second kappa shape index (κ2) is 11.4. The molecule has 0 saturated heterocycles. The van der Waals surface area contributed by atoms with Crippen molar-refractivity contribution in [2.75, 3.05) is 13.7 Å². The van der Waals surface area contributed by atoms with Crippen molar-refractivity contribution in [3.05, 3.63) is 24.8 Å². The van der Waals surface area contributed by atoms with Crippen molar-refractivity contribution >= 4 is 11.9 Å². The Bertz CT molecular complexity index is 343. The minimum atomic E-state index is -1.01. The van der Waals surface area contributed by atoms with Crippen molar-refractivity contribution in [2.45, 2.75) is 19.4 Å². The number of nitrogens with zero attached hydrogens (tertiary/aromatic N) is 1. The van der Waals surface area contributed by atoms with Crippen LogP contribution >= 0.6 is 0 Å². The van der Waals surface area contributed by atoms with E-state index in [2.05, 4.69) is 17.9 Å². The van der Waals surface area contributed by atoms with Crippen LogP contribution in [0.25, 0.3) is 0 Å². The van der Waals surface area contributed by atoms with Gasteiger partial charge in [-0.3, -0.25) is 0 Å². The van der Waals surface area contributed by atoms with Crippen molar-refractivity contribution in [2.24, 2.45) is 0 Å². The third-order valence-electron chi connectivity index (χ3n) is 1.74. The van der Waals surface area contributed by atoms with E-state index in [-0.39, 0.29) is 18.6 Å². The number of ether oxygens (including phenoxy) is 2. The van der Waals surface area contributed by atoms with E-state index in [1.807, 2.05) is 6.07 Å². The lowest BCUT2D eigenvalue weighted by atomic mass is 10.2. The minimum absolute atomic E-state index is 0.0810. The molecule has 100 valence electrons. The maximum atomic E-state index is 10.2. The molecule has 0 aliphatic heterocycles. The van der Waals surface area contributed by atoms with Crippen molar-refractivity contribution in [3.8, 4) is 6.07 Å². The molecule has 1 N–H and O–H groups in total. The number of rotatable bonds is 6. The summed E-state index contributed by atoms with van der Waals surface area (Å²) in [6, 6.07) is 1.84. The first kappa shape index (κ1) is 18.2. The Morgan fingerprint density at radius 1 is 1.56 bits per heavy atom. The van der Waals surface area contributed by atoms with E-state index in [1.165, 1.54) is 7.11 Å². The van der Waals surface area contributed by atoms with Gasteiger partial charge in [0.1, 0.15) is 6.61 Å². The quantitative estimate of drug-likeness (QED) is 0.436. The first-order chi connectivity index (χ1) is 8.40. The molecular weight excluding hydrogens is 238 g/mol. The maximum Gasteiger partial charge on any atom is 0.333 e. The Labute approximate surface area is 106 Å². The van der Waals surface area contributed by atoms with Crippen molar-refractivity contribution in [3.63, 3.8) is 0 Å². The number of carboxylic acid groups (broad SMARTS) is 1. The number of aliphatic carboxylic acids is 1. The monoisotopic (exact) mass is 255 g/mol. The van der Waals surface area contributed by atoms with E-state index in [4.69, 9.17) is 15.1 Å². The Morgan fingerprint density at radius 2 is 2.11 bits per heavy atom. The average Bonchev–Trinajstić information content (AvgIpc) is 2.37. The molecule has 0 spiro atoms. The van der Waals surface area contributed by atoms with Crippen LogP contribution in [-0.4, -0.2) is 36.9 Å². The summed E-state index contributed by atoms with van der Waals surface area (Å²) in [6.45, 7) is 8.27. The molecule has 0 bridgehead atoms. The zero-order valence-electron chi connectivity index (χ0n) is 10.5. The van der Waals surface area contributed by atoms with Crippen LogP contribution in [-0.2, 0) is 19.1 Å². The fourth-order valence-electron chi connectivity index (χ4n) is 0.572. The predicted molar refractivity (Wildman–Crippen MR) is 64.6 cm³/mol. The standard InChI is InChI=1S/C6H7NO2.C6H10O3/c1-2-6(8)9-5-3-4-7;1-4(6(7)8)5(2)9-3/h2H,1,3,5H2;5H,1H2,2-3H3,(H,7,8). The van der Waals surface area contributed by atoms with Gasteiger partial charge < -0.3 is 14.6 Å². The smallest absolute Gasteiger partial charge is 0.333 e. The van der Waals surface area contributed by atoms with Gasteiger partial charge in [0.25, 0.3) is 0 Å².